The summed E-state index contributed by atoms with van der Waals surface area (Å²) in [4.78, 5) is 15.3. The Morgan fingerprint density at radius 1 is 1.30 bits per heavy atom. The molecule has 20 heavy (non-hydrogen) atoms. The van der Waals surface area contributed by atoms with Crippen LogP contribution in [-0.4, -0.2) is 31.7 Å². The summed E-state index contributed by atoms with van der Waals surface area (Å²) in [5.41, 5.74) is 0.801. The number of hydrogen-bond donors (Lipinski definition) is 0. The minimum absolute atomic E-state index is 0.0564. The highest BCUT2D eigenvalue weighted by atomic mass is 32.2. The van der Waals surface area contributed by atoms with Gasteiger partial charge in [0.05, 0.1) is 29.4 Å². The molecule has 0 aromatic carbocycles. The van der Waals surface area contributed by atoms with E-state index >= 15 is 0 Å². The Bertz CT molecular complexity index is 559. The van der Waals surface area contributed by atoms with Gasteiger partial charge in [-0.15, -0.1) is 0 Å². The molecule has 1 aliphatic rings. The molecule has 0 aliphatic heterocycles. The molecule has 110 valence electrons. The Hall–Kier alpha value is -1.43. The van der Waals surface area contributed by atoms with Gasteiger partial charge in [-0.1, -0.05) is 19.3 Å². The first kappa shape index (κ1) is 15.0. The summed E-state index contributed by atoms with van der Waals surface area (Å²) < 4.78 is 29.2. The van der Waals surface area contributed by atoms with E-state index < -0.39 is 15.8 Å². The topological polar surface area (TPSA) is 73.3 Å². The van der Waals surface area contributed by atoms with Gasteiger partial charge in [-0.3, -0.25) is 4.98 Å². The van der Waals surface area contributed by atoms with E-state index in [4.69, 9.17) is 0 Å². The molecule has 0 saturated heterocycles. The summed E-state index contributed by atoms with van der Waals surface area (Å²) in [7, 11) is -1.86. The molecule has 0 radical (unpaired) electrons. The highest BCUT2D eigenvalue weighted by molar-refractivity contribution is 7.91. The van der Waals surface area contributed by atoms with Gasteiger partial charge in [-0.25, -0.2) is 13.2 Å². The van der Waals surface area contributed by atoms with Crippen molar-refractivity contribution in [2.24, 2.45) is 0 Å². The minimum Gasteiger partial charge on any atom is -0.465 e. The zero-order valence-electron chi connectivity index (χ0n) is 11.5. The van der Waals surface area contributed by atoms with Crippen LogP contribution in [0.1, 0.15) is 48.2 Å². The molecule has 0 unspecified atom stereocenters. The van der Waals surface area contributed by atoms with Gasteiger partial charge in [0.1, 0.15) is 0 Å². The molecule has 1 aromatic heterocycles. The number of ether oxygens (including phenoxy) is 1. The predicted molar refractivity (Wildman–Crippen MR) is 75.1 cm³/mol. The average Bonchev–Trinajstić information content (AvgIpc) is 2.48. The van der Waals surface area contributed by atoms with Crippen LogP contribution in [-0.2, 0) is 20.3 Å². The van der Waals surface area contributed by atoms with Crippen molar-refractivity contribution in [3.05, 3.63) is 29.6 Å². The third kappa shape index (κ3) is 3.56. The number of esters is 1. The van der Waals surface area contributed by atoms with Crippen molar-refractivity contribution in [3.63, 3.8) is 0 Å². The zero-order chi connectivity index (χ0) is 14.6. The first-order valence-corrected chi connectivity index (χ1v) is 8.49. The van der Waals surface area contributed by atoms with E-state index in [-0.39, 0.29) is 11.0 Å². The maximum absolute atomic E-state index is 12.3. The smallest absolute Gasteiger partial charge is 0.339 e. The third-order valence-electron chi connectivity index (χ3n) is 3.65. The largest absolute Gasteiger partial charge is 0.465 e. The molecule has 1 saturated carbocycles. The second-order valence-corrected chi connectivity index (χ2v) is 7.38. The van der Waals surface area contributed by atoms with Crippen molar-refractivity contribution in [1.29, 1.82) is 0 Å². The standard InChI is InChI=1S/C14H19NO4S/c1-19-14(16)11-7-8-12(15-9-11)10-20(17,18)13-5-3-2-4-6-13/h7-9,13H,2-6,10H2,1H3. The van der Waals surface area contributed by atoms with Crippen LogP contribution in [0.4, 0.5) is 0 Å². The van der Waals surface area contributed by atoms with E-state index in [9.17, 15) is 13.2 Å². The van der Waals surface area contributed by atoms with Gasteiger partial charge in [-0.2, -0.15) is 0 Å². The Kier molecular flexibility index (Phi) is 4.75. The van der Waals surface area contributed by atoms with Crippen LogP contribution >= 0.6 is 0 Å². The molecule has 0 bridgehead atoms. The lowest BCUT2D eigenvalue weighted by molar-refractivity contribution is 0.0600. The molecule has 1 heterocycles. The van der Waals surface area contributed by atoms with Crippen molar-refractivity contribution in [2.45, 2.75) is 43.1 Å². The number of sulfone groups is 1. The number of methoxy groups -OCH3 is 1. The monoisotopic (exact) mass is 297 g/mol. The lowest BCUT2D eigenvalue weighted by Gasteiger charge is -2.21. The van der Waals surface area contributed by atoms with Gasteiger partial charge in [0.15, 0.2) is 9.84 Å². The Morgan fingerprint density at radius 2 is 2.00 bits per heavy atom. The zero-order valence-corrected chi connectivity index (χ0v) is 12.4. The fourth-order valence-corrected chi connectivity index (χ4v) is 4.37. The van der Waals surface area contributed by atoms with Gasteiger partial charge in [0.25, 0.3) is 0 Å². The molecule has 1 fully saturated rings. The van der Waals surface area contributed by atoms with Crippen molar-refractivity contribution in [2.75, 3.05) is 7.11 Å². The molecule has 0 spiro atoms. The van der Waals surface area contributed by atoms with Crippen LogP contribution in [0.25, 0.3) is 0 Å². The van der Waals surface area contributed by atoms with Crippen LogP contribution in [0.3, 0.4) is 0 Å². The first-order valence-electron chi connectivity index (χ1n) is 6.78. The molecule has 0 N–H and O–H groups in total. The summed E-state index contributed by atoms with van der Waals surface area (Å²) >= 11 is 0. The van der Waals surface area contributed by atoms with Gasteiger partial charge >= 0.3 is 5.97 Å². The number of carbonyl (C=O) groups is 1. The lowest BCUT2D eigenvalue weighted by Crippen LogP contribution is -2.25. The number of pyridine rings is 1. The maximum Gasteiger partial charge on any atom is 0.339 e. The van der Waals surface area contributed by atoms with Crippen molar-refractivity contribution in [3.8, 4) is 0 Å². The van der Waals surface area contributed by atoms with E-state index in [2.05, 4.69) is 9.72 Å². The molecule has 6 heteroatoms. The number of nitrogens with zero attached hydrogens (tertiary/aromatic N) is 1. The van der Waals surface area contributed by atoms with Gasteiger partial charge < -0.3 is 4.74 Å². The molecule has 5 nitrogen and oxygen atoms in total. The van der Waals surface area contributed by atoms with Crippen LogP contribution in [0, 0.1) is 0 Å². The van der Waals surface area contributed by atoms with E-state index in [1.165, 1.54) is 13.3 Å². The highest BCUT2D eigenvalue weighted by Gasteiger charge is 2.27. The van der Waals surface area contributed by atoms with Crippen LogP contribution in [0.5, 0.6) is 0 Å². The second-order valence-electron chi connectivity index (χ2n) is 5.10. The van der Waals surface area contributed by atoms with Crippen LogP contribution in [0.15, 0.2) is 18.3 Å². The fraction of sp³-hybridized carbons (Fsp3) is 0.571. The molecule has 0 atom stereocenters. The summed E-state index contributed by atoms with van der Waals surface area (Å²) in [6.07, 6.45) is 5.96. The van der Waals surface area contributed by atoms with E-state index in [1.807, 2.05) is 0 Å². The van der Waals surface area contributed by atoms with E-state index in [0.29, 0.717) is 11.3 Å². The highest BCUT2D eigenvalue weighted by Crippen LogP contribution is 2.25. The minimum atomic E-state index is -3.15. The van der Waals surface area contributed by atoms with Crippen LogP contribution < -0.4 is 0 Å². The molecule has 2 rings (SSSR count). The number of rotatable bonds is 4. The van der Waals surface area contributed by atoms with Gasteiger partial charge in [0.2, 0.25) is 0 Å². The average molecular weight is 297 g/mol. The van der Waals surface area contributed by atoms with E-state index in [0.717, 1.165) is 32.1 Å². The number of hydrogen-bond acceptors (Lipinski definition) is 5. The Morgan fingerprint density at radius 3 is 2.55 bits per heavy atom. The van der Waals surface area contributed by atoms with Gasteiger partial charge in [-0.05, 0) is 25.0 Å². The third-order valence-corrected chi connectivity index (χ3v) is 5.84. The molecule has 1 aliphatic carbocycles. The molecular weight excluding hydrogens is 278 g/mol. The number of aromatic nitrogens is 1. The normalized spacial score (nSPS) is 16.9. The summed E-state index contributed by atoms with van der Waals surface area (Å²) in [6, 6.07) is 3.12. The van der Waals surface area contributed by atoms with Crippen LogP contribution in [0.2, 0.25) is 0 Å². The quantitative estimate of drug-likeness (QED) is 0.796. The summed E-state index contributed by atoms with van der Waals surface area (Å²) in [5, 5.41) is -0.238. The fourth-order valence-electron chi connectivity index (χ4n) is 2.50. The van der Waals surface area contributed by atoms with Crippen molar-refractivity contribution >= 4 is 15.8 Å². The van der Waals surface area contributed by atoms with Crippen molar-refractivity contribution < 1.29 is 17.9 Å². The second kappa shape index (κ2) is 6.35. The predicted octanol–water partition coefficient (Wildman–Crippen LogP) is 2.12. The SMILES string of the molecule is COC(=O)c1ccc(CS(=O)(=O)C2CCCCC2)nc1. The Labute approximate surface area is 119 Å². The maximum atomic E-state index is 12.3. The summed E-state index contributed by atoms with van der Waals surface area (Å²) in [5.74, 6) is -0.529. The lowest BCUT2D eigenvalue weighted by atomic mass is 10.0. The molecule has 0 amide bonds. The summed E-state index contributed by atoms with van der Waals surface area (Å²) in [6.45, 7) is 0. The van der Waals surface area contributed by atoms with Crippen molar-refractivity contribution in [1.82, 2.24) is 4.98 Å². The van der Waals surface area contributed by atoms with Gasteiger partial charge in [0, 0.05) is 6.20 Å². The first-order chi connectivity index (χ1) is 9.53. The molecule has 1 aromatic rings. The number of carbonyl (C=O) groups excluding carboxylic acids is 1. The molecular formula is C14H19NO4S. The Balaban J connectivity index is 2.07. The van der Waals surface area contributed by atoms with E-state index in [1.54, 1.807) is 12.1 Å².